The molecule has 0 aromatic rings. The van der Waals surface area contributed by atoms with Crippen LogP contribution in [0.5, 0.6) is 0 Å². The second kappa shape index (κ2) is 4.87. The van der Waals surface area contributed by atoms with Crippen molar-refractivity contribution in [2.24, 2.45) is 0 Å². The van der Waals surface area contributed by atoms with E-state index in [0.717, 1.165) is 6.08 Å². The van der Waals surface area contributed by atoms with E-state index < -0.39 is 12.1 Å². The van der Waals surface area contributed by atoms with Gasteiger partial charge in [0.1, 0.15) is 0 Å². The Balaban J connectivity index is 3.76. The van der Waals surface area contributed by atoms with Crippen LogP contribution in [0.4, 0.5) is 0 Å². The molecule has 64 valence electrons. The first-order valence-electron chi connectivity index (χ1n) is 3.33. The number of aliphatic hydroxyl groups excluding tert-OH is 2. The lowest BCUT2D eigenvalue weighted by Gasteiger charge is -2.16. The van der Waals surface area contributed by atoms with E-state index >= 15 is 0 Å². The molecule has 4 heteroatoms. The van der Waals surface area contributed by atoms with Gasteiger partial charge in [-0.2, -0.15) is 0 Å². The molecule has 0 radical (unpaired) electrons. The molecule has 0 aliphatic rings. The van der Waals surface area contributed by atoms with Gasteiger partial charge < -0.3 is 15.5 Å². The van der Waals surface area contributed by atoms with Gasteiger partial charge in [-0.25, -0.2) is 0 Å². The summed E-state index contributed by atoms with van der Waals surface area (Å²) in [7, 11) is 0. The molecule has 0 saturated heterocycles. The largest absolute Gasteiger partial charge is 0.394 e. The monoisotopic (exact) mass is 159 g/mol. The molecule has 2 atom stereocenters. The van der Waals surface area contributed by atoms with Crippen molar-refractivity contribution in [2.45, 2.75) is 19.1 Å². The van der Waals surface area contributed by atoms with Crippen LogP contribution < -0.4 is 5.32 Å². The Hall–Kier alpha value is -0.870. The maximum atomic E-state index is 10.6. The molecule has 3 N–H and O–H groups in total. The van der Waals surface area contributed by atoms with Crippen LogP contribution in [0.15, 0.2) is 12.7 Å². The third-order valence-corrected chi connectivity index (χ3v) is 1.32. The van der Waals surface area contributed by atoms with Gasteiger partial charge in [-0.1, -0.05) is 6.58 Å². The summed E-state index contributed by atoms with van der Waals surface area (Å²) in [6, 6.07) is -0.453. The van der Waals surface area contributed by atoms with E-state index in [9.17, 15) is 4.79 Å². The van der Waals surface area contributed by atoms with Crippen molar-refractivity contribution < 1.29 is 15.0 Å². The highest BCUT2D eigenvalue weighted by molar-refractivity contribution is 5.87. The summed E-state index contributed by atoms with van der Waals surface area (Å²) < 4.78 is 0. The summed E-state index contributed by atoms with van der Waals surface area (Å²) in [6.45, 7) is 4.48. The van der Waals surface area contributed by atoms with E-state index in [1.807, 2.05) is 0 Å². The molecule has 0 fully saturated rings. The second-order valence-corrected chi connectivity index (χ2v) is 2.25. The maximum Gasteiger partial charge on any atom is 0.243 e. The van der Waals surface area contributed by atoms with Crippen LogP contribution in [0.1, 0.15) is 6.92 Å². The normalized spacial score (nSPS) is 15.2. The zero-order chi connectivity index (χ0) is 8.85. The first-order valence-corrected chi connectivity index (χ1v) is 3.33. The summed E-state index contributed by atoms with van der Waals surface area (Å²) in [5.41, 5.74) is 0. The lowest BCUT2D eigenvalue weighted by atomic mass is 10.2. The van der Waals surface area contributed by atoms with Gasteiger partial charge in [0.25, 0.3) is 0 Å². The SMILES string of the molecule is C=CC(=O)NC(C)C(O)CO. The Kier molecular flexibility index (Phi) is 4.49. The fraction of sp³-hybridized carbons (Fsp3) is 0.571. The second-order valence-electron chi connectivity index (χ2n) is 2.25. The average Bonchev–Trinajstić information content (AvgIpc) is 2.02. The number of hydrogen-bond donors (Lipinski definition) is 3. The van der Waals surface area contributed by atoms with Gasteiger partial charge in [0.05, 0.1) is 18.8 Å². The van der Waals surface area contributed by atoms with Crippen molar-refractivity contribution in [3.63, 3.8) is 0 Å². The Morgan fingerprint density at radius 2 is 2.36 bits per heavy atom. The minimum atomic E-state index is -0.918. The molecule has 0 heterocycles. The van der Waals surface area contributed by atoms with Gasteiger partial charge in [-0.3, -0.25) is 4.79 Å². The van der Waals surface area contributed by atoms with Crippen LogP contribution in [0.2, 0.25) is 0 Å². The van der Waals surface area contributed by atoms with Crippen LogP contribution in [0.3, 0.4) is 0 Å². The molecule has 4 nitrogen and oxygen atoms in total. The maximum absolute atomic E-state index is 10.6. The molecule has 0 bridgehead atoms. The van der Waals surface area contributed by atoms with Gasteiger partial charge in [0.15, 0.2) is 0 Å². The van der Waals surface area contributed by atoms with Gasteiger partial charge in [0.2, 0.25) is 5.91 Å². The Morgan fingerprint density at radius 3 is 2.73 bits per heavy atom. The number of nitrogens with one attached hydrogen (secondary N) is 1. The Bertz CT molecular complexity index is 147. The molecule has 0 aliphatic heterocycles. The molecule has 0 rings (SSSR count). The summed E-state index contributed by atoms with van der Waals surface area (Å²) >= 11 is 0. The van der Waals surface area contributed by atoms with Crippen LogP contribution in [0, 0.1) is 0 Å². The van der Waals surface area contributed by atoms with E-state index in [2.05, 4.69) is 11.9 Å². The summed E-state index contributed by atoms with van der Waals surface area (Å²) in [5, 5.41) is 19.8. The van der Waals surface area contributed by atoms with Crippen molar-refractivity contribution in [3.8, 4) is 0 Å². The summed E-state index contributed by atoms with van der Waals surface area (Å²) in [4.78, 5) is 10.6. The predicted molar refractivity (Wildman–Crippen MR) is 40.9 cm³/mol. The number of carbonyl (C=O) groups excluding carboxylic acids is 1. The predicted octanol–water partition coefficient (Wildman–Crippen LogP) is -0.970. The van der Waals surface area contributed by atoms with E-state index in [0.29, 0.717) is 0 Å². The number of amides is 1. The molecule has 11 heavy (non-hydrogen) atoms. The van der Waals surface area contributed by atoms with Crippen LogP contribution in [0.25, 0.3) is 0 Å². The topological polar surface area (TPSA) is 69.6 Å². The third kappa shape index (κ3) is 3.75. The summed E-state index contributed by atoms with van der Waals surface area (Å²) in [6.07, 6.45) is 0.194. The minimum Gasteiger partial charge on any atom is -0.394 e. The molecule has 0 aromatic heterocycles. The zero-order valence-electron chi connectivity index (χ0n) is 6.45. The molecule has 0 saturated carbocycles. The Labute approximate surface area is 65.5 Å². The fourth-order valence-electron chi connectivity index (χ4n) is 0.538. The lowest BCUT2D eigenvalue weighted by molar-refractivity contribution is -0.118. The van der Waals surface area contributed by atoms with Crippen molar-refractivity contribution in [1.82, 2.24) is 5.32 Å². The van der Waals surface area contributed by atoms with Gasteiger partial charge in [-0.05, 0) is 13.0 Å². The van der Waals surface area contributed by atoms with Crippen LogP contribution >= 0.6 is 0 Å². The van der Waals surface area contributed by atoms with E-state index in [4.69, 9.17) is 10.2 Å². The highest BCUT2D eigenvalue weighted by atomic mass is 16.3. The van der Waals surface area contributed by atoms with Gasteiger partial charge >= 0.3 is 0 Å². The van der Waals surface area contributed by atoms with Crippen molar-refractivity contribution >= 4 is 5.91 Å². The van der Waals surface area contributed by atoms with Crippen molar-refractivity contribution in [2.75, 3.05) is 6.61 Å². The molecule has 2 unspecified atom stereocenters. The standard InChI is InChI=1S/C7H13NO3/c1-3-7(11)8-5(2)6(10)4-9/h3,5-6,9-10H,1,4H2,2H3,(H,8,11). The first kappa shape index (κ1) is 10.1. The van der Waals surface area contributed by atoms with Crippen LogP contribution in [-0.2, 0) is 4.79 Å². The highest BCUT2D eigenvalue weighted by Crippen LogP contribution is 1.90. The number of hydrogen-bond acceptors (Lipinski definition) is 3. The van der Waals surface area contributed by atoms with E-state index in [1.54, 1.807) is 6.92 Å². The fourth-order valence-corrected chi connectivity index (χ4v) is 0.538. The van der Waals surface area contributed by atoms with Gasteiger partial charge in [0, 0.05) is 0 Å². The average molecular weight is 159 g/mol. The molecule has 0 aromatic carbocycles. The molecule has 0 spiro atoms. The molecular weight excluding hydrogens is 146 g/mol. The van der Waals surface area contributed by atoms with E-state index in [1.165, 1.54) is 0 Å². The minimum absolute atomic E-state index is 0.356. The van der Waals surface area contributed by atoms with Crippen LogP contribution in [-0.4, -0.2) is 34.9 Å². The first-order chi connectivity index (χ1) is 5.11. The quantitative estimate of drug-likeness (QED) is 0.462. The molecule has 1 amide bonds. The van der Waals surface area contributed by atoms with Crippen molar-refractivity contribution in [3.05, 3.63) is 12.7 Å². The summed E-state index contributed by atoms with van der Waals surface area (Å²) in [5.74, 6) is -0.356. The van der Waals surface area contributed by atoms with E-state index in [-0.39, 0.29) is 12.5 Å². The lowest BCUT2D eigenvalue weighted by Crippen LogP contribution is -2.41. The number of carbonyl (C=O) groups is 1. The van der Waals surface area contributed by atoms with Gasteiger partial charge in [-0.15, -0.1) is 0 Å². The van der Waals surface area contributed by atoms with Crippen molar-refractivity contribution in [1.29, 1.82) is 0 Å². The molecular formula is C7H13NO3. The molecule has 0 aliphatic carbocycles. The zero-order valence-corrected chi connectivity index (χ0v) is 6.45. The Morgan fingerprint density at radius 1 is 1.82 bits per heavy atom. The number of aliphatic hydroxyl groups is 2. The smallest absolute Gasteiger partial charge is 0.243 e. The number of rotatable bonds is 4. The highest BCUT2D eigenvalue weighted by Gasteiger charge is 2.13. The third-order valence-electron chi connectivity index (χ3n) is 1.32.